The molecule has 1 saturated heterocycles. The molecule has 2 rings (SSSR count). The lowest BCUT2D eigenvalue weighted by Crippen LogP contribution is -2.48. The van der Waals surface area contributed by atoms with Crippen LogP contribution in [0.5, 0.6) is 0 Å². The lowest BCUT2D eigenvalue weighted by molar-refractivity contribution is -0.127. The Morgan fingerprint density at radius 1 is 1.20 bits per heavy atom. The first-order valence-electron chi connectivity index (χ1n) is 8.69. The van der Waals surface area contributed by atoms with Crippen molar-refractivity contribution in [2.24, 2.45) is 5.92 Å². The maximum atomic E-state index is 12.5. The third kappa shape index (κ3) is 5.87. The minimum Gasteiger partial charge on any atom is -0.356 e. The van der Waals surface area contributed by atoms with Crippen LogP contribution in [0.4, 0.5) is 5.69 Å². The summed E-state index contributed by atoms with van der Waals surface area (Å²) in [6, 6.07) is 4.68. The number of nitrogens with zero attached hydrogens (tertiary/aromatic N) is 1. The zero-order valence-electron chi connectivity index (χ0n) is 14.6. The summed E-state index contributed by atoms with van der Waals surface area (Å²) in [5.74, 6) is 0.0733. The standard InChI is InChI=1S/C18H25Cl2N3O2/c1-3-6-21-18(25)13-4-7-23(8-5-13)12(2)17(24)22-16-10-14(19)9-15(20)11-16/h9-13H,3-8H2,1-2H3,(H,21,25)(H,22,24)/t12-/m1/s1. The van der Waals surface area contributed by atoms with E-state index in [0.29, 0.717) is 15.7 Å². The van der Waals surface area contributed by atoms with Crippen molar-refractivity contribution in [3.8, 4) is 0 Å². The predicted molar refractivity (Wildman–Crippen MR) is 102 cm³/mol. The topological polar surface area (TPSA) is 61.4 Å². The highest BCUT2D eigenvalue weighted by Crippen LogP contribution is 2.24. The van der Waals surface area contributed by atoms with Gasteiger partial charge in [0, 0.05) is 28.2 Å². The average molecular weight is 386 g/mol. The molecular weight excluding hydrogens is 361 g/mol. The first-order chi connectivity index (χ1) is 11.9. The SMILES string of the molecule is CCCNC(=O)C1CCN([C@H](C)C(=O)Nc2cc(Cl)cc(Cl)c2)CC1. The first-order valence-corrected chi connectivity index (χ1v) is 9.45. The van der Waals surface area contributed by atoms with Gasteiger partial charge in [-0.05, 0) is 57.5 Å². The van der Waals surface area contributed by atoms with Crippen LogP contribution < -0.4 is 10.6 Å². The maximum absolute atomic E-state index is 12.5. The van der Waals surface area contributed by atoms with E-state index in [4.69, 9.17) is 23.2 Å². The number of benzene rings is 1. The van der Waals surface area contributed by atoms with E-state index in [0.717, 1.165) is 38.9 Å². The van der Waals surface area contributed by atoms with Crippen LogP contribution in [0.2, 0.25) is 10.0 Å². The number of carbonyl (C=O) groups is 2. The Morgan fingerprint density at radius 3 is 2.36 bits per heavy atom. The molecule has 0 aromatic heterocycles. The summed E-state index contributed by atoms with van der Waals surface area (Å²) in [4.78, 5) is 26.6. The molecule has 1 fully saturated rings. The van der Waals surface area contributed by atoms with Crippen LogP contribution in [-0.2, 0) is 9.59 Å². The van der Waals surface area contributed by atoms with E-state index in [1.54, 1.807) is 18.2 Å². The smallest absolute Gasteiger partial charge is 0.241 e. The number of likely N-dealkylation sites (tertiary alicyclic amines) is 1. The summed E-state index contributed by atoms with van der Waals surface area (Å²) in [6.07, 6.45) is 2.49. The van der Waals surface area contributed by atoms with Crippen molar-refractivity contribution in [2.75, 3.05) is 25.0 Å². The van der Waals surface area contributed by atoms with Gasteiger partial charge in [-0.25, -0.2) is 0 Å². The maximum Gasteiger partial charge on any atom is 0.241 e. The molecule has 1 atom stereocenters. The fourth-order valence-corrected chi connectivity index (χ4v) is 3.51. The molecule has 0 bridgehead atoms. The molecule has 25 heavy (non-hydrogen) atoms. The number of amides is 2. The summed E-state index contributed by atoms with van der Waals surface area (Å²) in [7, 11) is 0. The number of hydrogen-bond acceptors (Lipinski definition) is 3. The molecule has 138 valence electrons. The van der Waals surface area contributed by atoms with E-state index in [9.17, 15) is 9.59 Å². The van der Waals surface area contributed by atoms with Crippen molar-refractivity contribution in [2.45, 2.75) is 39.2 Å². The lowest BCUT2D eigenvalue weighted by atomic mass is 9.95. The summed E-state index contributed by atoms with van der Waals surface area (Å²) >= 11 is 11.9. The Hall–Kier alpha value is -1.30. The highest BCUT2D eigenvalue weighted by atomic mass is 35.5. The van der Waals surface area contributed by atoms with Crippen LogP contribution in [0, 0.1) is 5.92 Å². The zero-order valence-corrected chi connectivity index (χ0v) is 16.2. The van der Waals surface area contributed by atoms with Crippen LogP contribution in [0.1, 0.15) is 33.1 Å². The van der Waals surface area contributed by atoms with Gasteiger partial charge in [-0.15, -0.1) is 0 Å². The number of halogens is 2. The molecule has 0 spiro atoms. The Balaban J connectivity index is 1.85. The second-order valence-corrected chi connectivity index (χ2v) is 7.30. The van der Waals surface area contributed by atoms with Crippen LogP contribution in [-0.4, -0.2) is 42.4 Å². The largest absolute Gasteiger partial charge is 0.356 e. The van der Waals surface area contributed by atoms with E-state index < -0.39 is 0 Å². The van der Waals surface area contributed by atoms with Gasteiger partial charge in [-0.3, -0.25) is 14.5 Å². The molecular formula is C18H25Cl2N3O2. The second kappa shape index (κ2) is 9.41. The molecule has 2 N–H and O–H groups in total. The molecule has 1 heterocycles. The molecule has 1 aliphatic rings. The van der Waals surface area contributed by atoms with E-state index in [2.05, 4.69) is 15.5 Å². The summed E-state index contributed by atoms with van der Waals surface area (Å²) < 4.78 is 0. The Labute approximate surface area is 159 Å². The predicted octanol–water partition coefficient (Wildman–Crippen LogP) is 3.56. The molecule has 5 nitrogen and oxygen atoms in total. The summed E-state index contributed by atoms with van der Waals surface area (Å²) in [5, 5.41) is 6.77. The lowest BCUT2D eigenvalue weighted by Gasteiger charge is -2.34. The molecule has 7 heteroatoms. The monoisotopic (exact) mass is 385 g/mol. The molecule has 1 aliphatic heterocycles. The van der Waals surface area contributed by atoms with E-state index >= 15 is 0 Å². The molecule has 0 saturated carbocycles. The third-order valence-corrected chi connectivity index (χ3v) is 4.94. The molecule has 2 amide bonds. The van der Waals surface area contributed by atoms with Crippen molar-refractivity contribution in [1.29, 1.82) is 0 Å². The van der Waals surface area contributed by atoms with E-state index in [1.807, 2.05) is 13.8 Å². The minimum absolute atomic E-state index is 0.0461. The fourth-order valence-electron chi connectivity index (χ4n) is 2.98. The number of nitrogens with one attached hydrogen (secondary N) is 2. The van der Waals surface area contributed by atoms with Crippen molar-refractivity contribution in [3.05, 3.63) is 28.2 Å². The zero-order chi connectivity index (χ0) is 18.4. The summed E-state index contributed by atoms with van der Waals surface area (Å²) in [6.45, 7) is 6.10. The Bertz CT molecular complexity index is 596. The normalized spacial score (nSPS) is 17.1. The Kier molecular flexibility index (Phi) is 7.54. The van der Waals surface area contributed by atoms with E-state index in [1.165, 1.54) is 0 Å². The first kappa shape index (κ1) is 20.0. The number of piperidine rings is 1. The van der Waals surface area contributed by atoms with Crippen LogP contribution in [0.15, 0.2) is 18.2 Å². The van der Waals surface area contributed by atoms with Crippen molar-refractivity contribution in [3.63, 3.8) is 0 Å². The van der Waals surface area contributed by atoms with E-state index in [-0.39, 0.29) is 23.8 Å². The molecule has 0 radical (unpaired) electrons. The summed E-state index contributed by atoms with van der Waals surface area (Å²) in [5.41, 5.74) is 0.586. The third-order valence-electron chi connectivity index (χ3n) is 4.51. The van der Waals surface area contributed by atoms with Crippen molar-refractivity contribution in [1.82, 2.24) is 10.2 Å². The number of rotatable bonds is 6. The van der Waals surface area contributed by atoms with Gasteiger partial charge in [0.25, 0.3) is 0 Å². The fraction of sp³-hybridized carbons (Fsp3) is 0.556. The van der Waals surface area contributed by atoms with Gasteiger partial charge >= 0.3 is 0 Å². The highest BCUT2D eigenvalue weighted by molar-refractivity contribution is 6.35. The Morgan fingerprint density at radius 2 is 1.80 bits per heavy atom. The quantitative estimate of drug-likeness (QED) is 0.786. The van der Waals surface area contributed by atoms with Gasteiger partial charge in [0.05, 0.1) is 6.04 Å². The van der Waals surface area contributed by atoms with Crippen molar-refractivity contribution < 1.29 is 9.59 Å². The van der Waals surface area contributed by atoms with Gasteiger partial charge in [0.1, 0.15) is 0 Å². The molecule has 1 aromatic carbocycles. The highest BCUT2D eigenvalue weighted by Gasteiger charge is 2.29. The van der Waals surface area contributed by atoms with Gasteiger partial charge in [0.2, 0.25) is 11.8 Å². The second-order valence-electron chi connectivity index (χ2n) is 6.42. The molecule has 0 unspecified atom stereocenters. The average Bonchev–Trinajstić information content (AvgIpc) is 2.58. The number of hydrogen-bond donors (Lipinski definition) is 2. The van der Waals surface area contributed by atoms with Gasteiger partial charge in [0.15, 0.2) is 0 Å². The minimum atomic E-state index is -0.280. The molecule has 0 aliphatic carbocycles. The molecule has 1 aromatic rings. The van der Waals surface area contributed by atoms with Crippen LogP contribution in [0.3, 0.4) is 0 Å². The number of anilines is 1. The van der Waals surface area contributed by atoms with Gasteiger partial charge in [-0.2, -0.15) is 0 Å². The van der Waals surface area contributed by atoms with Crippen LogP contribution in [0.25, 0.3) is 0 Å². The number of carbonyl (C=O) groups excluding carboxylic acids is 2. The van der Waals surface area contributed by atoms with Crippen molar-refractivity contribution >= 4 is 40.7 Å². The van der Waals surface area contributed by atoms with Crippen LogP contribution >= 0.6 is 23.2 Å². The van der Waals surface area contributed by atoms with Gasteiger partial charge < -0.3 is 10.6 Å². The van der Waals surface area contributed by atoms with Gasteiger partial charge in [-0.1, -0.05) is 30.1 Å².